The summed E-state index contributed by atoms with van der Waals surface area (Å²) in [4.78, 5) is 24.0. The summed E-state index contributed by atoms with van der Waals surface area (Å²) in [7, 11) is 3.74. The first-order valence-corrected chi connectivity index (χ1v) is 8.15. The fourth-order valence-corrected chi connectivity index (χ4v) is 3.19. The number of rotatable bonds is 3. The molecule has 1 aliphatic rings. The number of aromatic amines is 2. The molecule has 1 aliphatic heterocycles. The number of nitrogens with one attached hydrogen (secondary N) is 2. The number of imidazole rings is 1. The lowest BCUT2D eigenvalue weighted by atomic mass is 10.1. The van der Waals surface area contributed by atoms with Crippen LogP contribution in [0.1, 0.15) is 27.6 Å². The van der Waals surface area contributed by atoms with Gasteiger partial charge in [-0.15, -0.1) is 0 Å². The molecular formula is C17H19FN6O. The highest BCUT2D eigenvalue weighted by Gasteiger charge is 2.26. The monoisotopic (exact) mass is 342 g/mol. The number of hydrogen-bond donors (Lipinski definition) is 2. The average molecular weight is 342 g/mol. The molecule has 0 fully saturated rings. The predicted octanol–water partition coefficient (Wildman–Crippen LogP) is 1.69. The number of benzene rings is 1. The number of hydrogen-bond acceptors (Lipinski definition) is 4. The first-order chi connectivity index (χ1) is 12.0. The highest BCUT2D eigenvalue weighted by molar-refractivity contribution is 5.93. The summed E-state index contributed by atoms with van der Waals surface area (Å²) in [5.41, 5.74) is 3.77. The van der Waals surface area contributed by atoms with Crippen molar-refractivity contribution in [3.05, 3.63) is 46.8 Å². The van der Waals surface area contributed by atoms with E-state index in [1.807, 2.05) is 7.05 Å². The molecule has 2 N–H and O–H groups in total. The number of carbonyl (C=O) groups is 1. The third-order valence-corrected chi connectivity index (χ3v) is 4.55. The molecule has 4 rings (SSSR count). The second-order valence-electron chi connectivity index (χ2n) is 6.52. The molecule has 0 bridgehead atoms. The Morgan fingerprint density at radius 2 is 2.28 bits per heavy atom. The van der Waals surface area contributed by atoms with Gasteiger partial charge in [-0.2, -0.15) is 5.10 Å². The van der Waals surface area contributed by atoms with Gasteiger partial charge in [0.05, 0.1) is 17.6 Å². The van der Waals surface area contributed by atoms with E-state index in [0.29, 0.717) is 35.6 Å². The van der Waals surface area contributed by atoms with Crippen molar-refractivity contribution in [1.29, 1.82) is 0 Å². The Balaban J connectivity index is 1.55. The van der Waals surface area contributed by atoms with Crippen molar-refractivity contribution < 1.29 is 9.18 Å². The van der Waals surface area contributed by atoms with E-state index < -0.39 is 0 Å². The Bertz CT molecular complexity index is 946. The molecule has 0 spiro atoms. The molecule has 0 aliphatic carbocycles. The minimum absolute atomic E-state index is 0.153. The highest BCUT2D eigenvalue weighted by Crippen LogP contribution is 2.21. The molecule has 8 heteroatoms. The number of fused-ring (bicyclic) bond motifs is 2. The van der Waals surface area contributed by atoms with Gasteiger partial charge < -0.3 is 14.8 Å². The minimum atomic E-state index is -0.320. The molecule has 0 radical (unpaired) electrons. The van der Waals surface area contributed by atoms with Crippen molar-refractivity contribution in [2.45, 2.75) is 19.5 Å². The van der Waals surface area contributed by atoms with Crippen LogP contribution in [0.15, 0.2) is 18.2 Å². The molecular weight excluding hydrogens is 323 g/mol. The summed E-state index contributed by atoms with van der Waals surface area (Å²) in [6, 6.07) is 4.38. The van der Waals surface area contributed by atoms with Crippen LogP contribution >= 0.6 is 0 Å². The van der Waals surface area contributed by atoms with Gasteiger partial charge in [0.2, 0.25) is 0 Å². The van der Waals surface area contributed by atoms with Crippen molar-refractivity contribution in [2.75, 3.05) is 20.6 Å². The van der Waals surface area contributed by atoms with E-state index >= 15 is 0 Å². The molecule has 130 valence electrons. The lowest BCUT2D eigenvalue weighted by Crippen LogP contribution is -2.31. The SMILES string of the molecule is CN1CCc2[nH]nc(C(=O)N(C)Cc3nc4ccc(F)cc4[nH]3)c2C1. The van der Waals surface area contributed by atoms with Crippen molar-refractivity contribution in [3.8, 4) is 0 Å². The van der Waals surface area contributed by atoms with E-state index in [-0.39, 0.29) is 11.7 Å². The number of nitrogens with zero attached hydrogens (tertiary/aromatic N) is 4. The number of likely N-dealkylation sites (N-methyl/N-ethyl adjacent to an activating group) is 1. The van der Waals surface area contributed by atoms with Crippen LogP contribution in [-0.4, -0.2) is 56.5 Å². The van der Waals surface area contributed by atoms with Crippen LogP contribution in [0.3, 0.4) is 0 Å². The Kier molecular flexibility index (Phi) is 3.76. The minimum Gasteiger partial charge on any atom is -0.340 e. The normalized spacial score (nSPS) is 14.7. The van der Waals surface area contributed by atoms with Crippen LogP contribution < -0.4 is 0 Å². The summed E-state index contributed by atoms with van der Waals surface area (Å²) in [6.07, 6.45) is 0.866. The Labute approximate surface area is 143 Å². The first kappa shape index (κ1) is 15.8. The zero-order chi connectivity index (χ0) is 17.6. The van der Waals surface area contributed by atoms with Gasteiger partial charge in [0.1, 0.15) is 11.6 Å². The van der Waals surface area contributed by atoms with E-state index in [0.717, 1.165) is 24.2 Å². The Hall–Kier alpha value is -2.74. The molecule has 1 aromatic carbocycles. The third kappa shape index (κ3) is 2.89. The van der Waals surface area contributed by atoms with Gasteiger partial charge in [0, 0.05) is 37.8 Å². The summed E-state index contributed by atoms with van der Waals surface area (Å²) in [5, 5.41) is 7.21. The lowest BCUT2D eigenvalue weighted by Gasteiger charge is -2.23. The van der Waals surface area contributed by atoms with Gasteiger partial charge in [-0.25, -0.2) is 9.37 Å². The molecule has 0 atom stereocenters. The van der Waals surface area contributed by atoms with Gasteiger partial charge in [-0.05, 0) is 25.2 Å². The van der Waals surface area contributed by atoms with Crippen LogP contribution in [-0.2, 0) is 19.5 Å². The van der Waals surface area contributed by atoms with Gasteiger partial charge in [-0.1, -0.05) is 0 Å². The van der Waals surface area contributed by atoms with Gasteiger partial charge in [-0.3, -0.25) is 9.89 Å². The number of amides is 1. The molecule has 7 nitrogen and oxygen atoms in total. The average Bonchev–Trinajstić information content (AvgIpc) is 3.16. The second kappa shape index (κ2) is 5.96. The van der Waals surface area contributed by atoms with E-state index in [2.05, 4.69) is 25.1 Å². The topological polar surface area (TPSA) is 80.9 Å². The second-order valence-corrected chi connectivity index (χ2v) is 6.52. The largest absolute Gasteiger partial charge is 0.340 e. The number of carbonyl (C=O) groups excluding carboxylic acids is 1. The molecule has 25 heavy (non-hydrogen) atoms. The summed E-state index contributed by atoms with van der Waals surface area (Å²) in [5.74, 6) is 0.136. The molecule has 2 aromatic heterocycles. The van der Waals surface area contributed by atoms with Gasteiger partial charge >= 0.3 is 0 Å². The van der Waals surface area contributed by atoms with E-state index in [1.165, 1.54) is 12.1 Å². The number of H-pyrrole nitrogens is 2. The maximum absolute atomic E-state index is 13.3. The number of aromatic nitrogens is 4. The lowest BCUT2D eigenvalue weighted by molar-refractivity contribution is 0.0774. The van der Waals surface area contributed by atoms with E-state index in [1.54, 1.807) is 18.0 Å². The van der Waals surface area contributed by atoms with Crippen molar-refractivity contribution in [2.24, 2.45) is 0 Å². The number of halogens is 1. The van der Waals surface area contributed by atoms with E-state index in [4.69, 9.17) is 0 Å². The van der Waals surface area contributed by atoms with Crippen molar-refractivity contribution in [3.63, 3.8) is 0 Å². The van der Waals surface area contributed by atoms with Crippen molar-refractivity contribution in [1.82, 2.24) is 30.0 Å². The first-order valence-electron chi connectivity index (χ1n) is 8.15. The Morgan fingerprint density at radius 3 is 3.12 bits per heavy atom. The maximum atomic E-state index is 13.3. The van der Waals surface area contributed by atoms with Crippen LogP contribution in [0, 0.1) is 5.82 Å². The Morgan fingerprint density at radius 1 is 1.44 bits per heavy atom. The quantitative estimate of drug-likeness (QED) is 0.759. The summed E-state index contributed by atoms with van der Waals surface area (Å²) >= 11 is 0. The predicted molar refractivity (Wildman–Crippen MR) is 90.5 cm³/mol. The summed E-state index contributed by atoms with van der Waals surface area (Å²) in [6.45, 7) is 1.96. The van der Waals surface area contributed by atoms with Crippen LogP contribution in [0.5, 0.6) is 0 Å². The zero-order valence-electron chi connectivity index (χ0n) is 14.1. The fraction of sp³-hybridized carbons (Fsp3) is 0.353. The van der Waals surface area contributed by atoms with Crippen LogP contribution in [0.2, 0.25) is 0 Å². The summed E-state index contributed by atoms with van der Waals surface area (Å²) < 4.78 is 13.3. The zero-order valence-corrected chi connectivity index (χ0v) is 14.1. The third-order valence-electron chi connectivity index (χ3n) is 4.55. The molecule has 3 heterocycles. The van der Waals surface area contributed by atoms with Gasteiger partial charge in [0.15, 0.2) is 5.69 Å². The van der Waals surface area contributed by atoms with E-state index in [9.17, 15) is 9.18 Å². The van der Waals surface area contributed by atoms with Crippen molar-refractivity contribution >= 4 is 16.9 Å². The van der Waals surface area contributed by atoms with Crippen LogP contribution in [0.25, 0.3) is 11.0 Å². The van der Waals surface area contributed by atoms with Gasteiger partial charge in [0.25, 0.3) is 5.91 Å². The molecule has 0 saturated carbocycles. The standard InChI is InChI=1S/C17H19FN6O/c1-23-6-5-12-11(8-23)16(22-21-12)17(25)24(2)9-15-19-13-4-3-10(18)7-14(13)20-15/h3-4,7H,5-6,8-9H2,1-2H3,(H,19,20)(H,21,22). The highest BCUT2D eigenvalue weighted by atomic mass is 19.1. The fourth-order valence-electron chi connectivity index (χ4n) is 3.19. The van der Waals surface area contributed by atoms with Crippen LogP contribution in [0.4, 0.5) is 4.39 Å². The molecule has 0 saturated heterocycles. The molecule has 1 amide bonds. The molecule has 3 aromatic rings. The molecule has 0 unspecified atom stereocenters. The maximum Gasteiger partial charge on any atom is 0.274 e. The smallest absolute Gasteiger partial charge is 0.274 e.